The predicted octanol–water partition coefficient (Wildman–Crippen LogP) is 6.85. The molecule has 0 unspecified atom stereocenters. The smallest absolute Gasteiger partial charge is 0.148 e. The lowest BCUT2D eigenvalue weighted by molar-refractivity contribution is 0.279. The van der Waals surface area contributed by atoms with Gasteiger partial charge >= 0.3 is 0 Å². The molecule has 4 heteroatoms. The van der Waals surface area contributed by atoms with Gasteiger partial charge < -0.3 is 14.0 Å². The summed E-state index contributed by atoms with van der Waals surface area (Å²) in [4.78, 5) is 4.85. The molecule has 166 valence electrons. The molecule has 0 N–H and O–H groups in total. The molecular weight excluding hydrogens is 408 g/mol. The fourth-order valence-corrected chi connectivity index (χ4v) is 4.16. The molecule has 4 nitrogen and oxygen atoms in total. The summed E-state index contributed by atoms with van der Waals surface area (Å²) in [7, 11) is 0. The first-order chi connectivity index (χ1) is 16.2. The van der Waals surface area contributed by atoms with Crippen LogP contribution in [0.1, 0.15) is 23.4 Å². The standard InChI is InChI=1S/C29H28N2O2/c1-21-12-13-22(2)28(18-21)33-20-29-30-26-10-5-6-11-27(26)31(29)16-7-17-32-25-15-14-23-8-3-4-9-24(23)19-25/h3-6,8-15,18-19H,7,16-17,20H2,1-2H3. The number of imidazole rings is 1. The Hall–Kier alpha value is -3.79. The van der Waals surface area contributed by atoms with Crippen LogP contribution in [0.15, 0.2) is 84.9 Å². The minimum atomic E-state index is 0.435. The van der Waals surface area contributed by atoms with Crippen molar-refractivity contribution in [3.63, 3.8) is 0 Å². The summed E-state index contributed by atoms with van der Waals surface area (Å²) in [6.07, 6.45) is 0.879. The highest BCUT2D eigenvalue weighted by molar-refractivity contribution is 5.83. The third-order valence-corrected chi connectivity index (χ3v) is 5.95. The number of fused-ring (bicyclic) bond motifs is 2. The Labute approximate surface area is 194 Å². The van der Waals surface area contributed by atoms with Crippen molar-refractivity contribution in [2.24, 2.45) is 0 Å². The fraction of sp³-hybridized carbons (Fsp3) is 0.207. The normalized spacial score (nSPS) is 11.2. The van der Waals surface area contributed by atoms with Crippen LogP contribution in [0.25, 0.3) is 21.8 Å². The van der Waals surface area contributed by atoms with Crippen molar-refractivity contribution in [2.45, 2.75) is 33.4 Å². The van der Waals surface area contributed by atoms with Crippen molar-refractivity contribution < 1.29 is 9.47 Å². The van der Waals surface area contributed by atoms with E-state index in [1.54, 1.807) is 0 Å². The van der Waals surface area contributed by atoms with Crippen molar-refractivity contribution in [2.75, 3.05) is 6.61 Å². The van der Waals surface area contributed by atoms with Crippen LogP contribution in [0.4, 0.5) is 0 Å². The number of hydrogen-bond donors (Lipinski definition) is 0. The first-order valence-electron chi connectivity index (χ1n) is 11.4. The summed E-state index contributed by atoms with van der Waals surface area (Å²) in [5, 5.41) is 2.42. The number of benzene rings is 4. The fourth-order valence-electron chi connectivity index (χ4n) is 4.16. The van der Waals surface area contributed by atoms with Crippen LogP contribution < -0.4 is 9.47 Å². The van der Waals surface area contributed by atoms with Crippen LogP contribution in [0.5, 0.6) is 11.5 Å². The maximum absolute atomic E-state index is 6.18. The second-order valence-corrected chi connectivity index (χ2v) is 8.44. The zero-order valence-corrected chi connectivity index (χ0v) is 19.1. The highest BCUT2D eigenvalue weighted by atomic mass is 16.5. The topological polar surface area (TPSA) is 36.3 Å². The number of nitrogens with zero attached hydrogens (tertiary/aromatic N) is 2. The first-order valence-corrected chi connectivity index (χ1v) is 11.4. The van der Waals surface area contributed by atoms with E-state index < -0.39 is 0 Å². The molecule has 0 bridgehead atoms. The van der Waals surface area contributed by atoms with Gasteiger partial charge in [0.05, 0.1) is 17.6 Å². The Balaban J connectivity index is 1.28. The number of aromatic nitrogens is 2. The number of hydrogen-bond acceptors (Lipinski definition) is 3. The number of ether oxygens (including phenoxy) is 2. The van der Waals surface area contributed by atoms with Gasteiger partial charge in [0.25, 0.3) is 0 Å². The van der Waals surface area contributed by atoms with E-state index in [1.807, 2.05) is 12.1 Å². The quantitative estimate of drug-likeness (QED) is 0.249. The zero-order valence-electron chi connectivity index (χ0n) is 19.1. The van der Waals surface area contributed by atoms with E-state index in [0.29, 0.717) is 13.2 Å². The molecule has 5 aromatic rings. The first kappa shape index (κ1) is 21.1. The molecule has 0 aliphatic rings. The SMILES string of the molecule is Cc1ccc(C)c(OCc2nc3ccccc3n2CCCOc2ccc3ccccc3c2)c1. The van der Waals surface area contributed by atoms with Gasteiger partial charge in [-0.25, -0.2) is 4.98 Å². The van der Waals surface area contributed by atoms with Crippen molar-refractivity contribution in [1.82, 2.24) is 9.55 Å². The van der Waals surface area contributed by atoms with Crippen molar-refractivity contribution in [3.8, 4) is 11.5 Å². The van der Waals surface area contributed by atoms with E-state index in [2.05, 4.69) is 91.2 Å². The molecule has 0 radical (unpaired) electrons. The Morgan fingerprint density at radius 3 is 2.52 bits per heavy atom. The molecule has 1 heterocycles. The second kappa shape index (κ2) is 9.37. The number of para-hydroxylation sites is 2. The van der Waals surface area contributed by atoms with Crippen LogP contribution in [0.2, 0.25) is 0 Å². The van der Waals surface area contributed by atoms with Gasteiger partial charge in [0, 0.05) is 6.54 Å². The van der Waals surface area contributed by atoms with Crippen LogP contribution >= 0.6 is 0 Å². The minimum Gasteiger partial charge on any atom is -0.494 e. The lowest BCUT2D eigenvalue weighted by Gasteiger charge is -2.13. The molecule has 0 aliphatic carbocycles. The minimum absolute atomic E-state index is 0.435. The monoisotopic (exact) mass is 436 g/mol. The van der Waals surface area contributed by atoms with E-state index in [9.17, 15) is 0 Å². The molecule has 5 rings (SSSR count). The van der Waals surface area contributed by atoms with Crippen molar-refractivity contribution in [1.29, 1.82) is 0 Å². The molecule has 0 aliphatic heterocycles. The maximum atomic E-state index is 6.18. The Morgan fingerprint density at radius 2 is 1.61 bits per heavy atom. The van der Waals surface area contributed by atoms with Crippen LogP contribution in [0, 0.1) is 13.8 Å². The molecule has 1 aromatic heterocycles. The van der Waals surface area contributed by atoms with E-state index in [0.717, 1.165) is 46.9 Å². The highest BCUT2D eigenvalue weighted by Gasteiger charge is 2.12. The largest absolute Gasteiger partial charge is 0.494 e. The lowest BCUT2D eigenvalue weighted by atomic mass is 10.1. The van der Waals surface area contributed by atoms with Gasteiger partial charge in [-0.1, -0.05) is 54.6 Å². The van der Waals surface area contributed by atoms with E-state index >= 15 is 0 Å². The maximum Gasteiger partial charge on any atom is 0.148 e. The zero-order chi connectivity index (χ0) is 22.6. The molecule has 0 atom stereocenters. The van der Waals surface area contributed by atoms with E-state index in [-0.39, 0.29) is 0 Å². The van der Waals surface area contributed by atoms with Crippen molar-refractivity contribution >= 4 is 21.8 Å². The Morgan fingerprint density at radius 1 is 0.788 bits per heavy atom. The average molecular weight is 437 g/mol. The van der Waals surface area contributed by atoms with Crippen LogP contribution in [0.3, 0.4) is 0 Å². The number of rotatable bonds is 8. The summed E-state index contributed by atoms with van der Waals surface area (Å²) >= 11 is 0. The van der Waals surface area contributed by atoms with Gasteiger partial charge in [0.2, 0.25) is 0 Å². The second-order valence-electron chi connectivity index (χ2n) is 8.44. The Bertz CT molecular complexity index is 1400. The van der Waals surface area contributed by atoms with E-state index in [1.165, 1.54) is 16.3 Å². The average Bonchev–Trinajstić information content (AvgIpc) is 3.19. The predicted molar refractivity (Wildman–Crippen MR) is 134 cm³/mol. The molecular formula is C29H28N2O2. The highest BCUT2D eigenvalue weighted by Crippen LogP contribution is 2.23. The van der Waals surface area contributed by atoms with E-state index in [4.69, 9.17) is 14.5 Å². The molecule has 0 saturated heterocycles. The summed E-state index contributed by atoms with van der Waals surface area (Å²) in [6.45, 7) is 6.05. The summed E-state index contributed by atoms with van der Waals surface area (Å²) in [5.41, 5.74) is 4.44. The summed E-state index contributed by atoms with van der Waals surface area (Å²) in [6, 6.07) is 29.1. The lowest BCUT2D eigenvalue weighted by Crippen LogP contribution is -2.10. The van der Waals surface area contributed by atoms with Gasteiger partial charge in [-0.05, 0) is 72.5 Å². The van der Waals surface area contributed by atoms with Crippen LogP contribution in [-0.2, 0) is 13.2 Å². The molecule has 0 amide bonds. The summed E-state index contributed by atoms with van der Waals surface area (Å²) in [5.74, 6) is 2.75. The molecule has 0 spiro atoms. The Kier molecular flexibility index (Phi) is 5.99. The summed E-state index contributed by atoms with van der Waals surface area (Å²) < 4.78 is 14.5. The van der Waals surface area contributed by atoms with Crippen LogP contribution in [-0.4, -0.2) is 16.2 Å². The molecule has 4 aromatic carbocycles. The molecule has 0 saturated carbocycles. The van der Waals surface area contributed by atoms with Crippen molar-refractivity contribution in [3.05, 3.63) is 102 Å². The molecule has 0 fully saturated rings. The van der Waals surface area contributed by atoms with Gasteiger partial charge in [-0.3, -0.25) is 0 Å². The number of aryl methyl sites for hydroxylation is 3. The van der Waals surface area contributed by atoms with Gasteiger partial charge in [-0.2, -0.15) is 0 Å². The third kappa shape index (κ3) is 4.70. The van der Waals surface area contributed by atoms with Gasteiger partial charge in [-0.15, -0.1) is 0 Å². The van der Waals surface area contributed by atoms with Gasteiger partial charge in [0.1, 0.15) is 23.9 Å². The molecule has 33 heavy (non-hydrogen) atoms. The third-order valence-electron chi connectivity index (χ3n) is 5.95. The van der Waals surface area contributed by atoms with Gasteiger partial charge in [0.15, 0.2) is 0 Å².